The molecule has 0 amide bonds. The van der Waals surface area contributed by atoms with Crippen molar-refractivity contribution in [3.63, 3.8) is 0 Å². The zero-order chi connectivity index (χ0) is 14.5. The molecule has 5 heteroatoms. The second kappa shape index (κ2) is 6.81. The summed E-state index contributed by atoms with van der Waals surface area (Å²) in [4.78, 5) is 15.0. The van der Waals surface area contributed by atoms with Gasteiger partial charge in [0.05, 0.1) is 6.54 Å². The van der Waals surface area contributed by atoms with E-state index in [1.54, 1.807) is 12.1 Å². The van der Waals surface area contributed by atoms with Gasteiger partial charge in [0.15, 0.2) is 0 Å². The molecule has 0 unspecified atom stereocenters. The molecule has 0 aromatic heterocycles. The van der Waals surface area contributed by atoms with Gasteiger partial charge in [-0.2, -0.15) is 0 Å². The predicted octanol–water partition coefficient (Wildman–Crippen LogP) is 1.73. The van der Waals surface area contributed by atoms with E-state index < -0.39 is 5.97 Å². The molecule has 1 N–H and O–H groups in total. The second-order valence-electron chi connectivity index (χ2n) is 5.37. The normalized spacial score (nSPS) is 17.9. The Morgan fingerprint density at radius 2 is 1.95 bits per heavy atom. The molecule has 20 heavy (non-hydrogen) atoms. The summed E-state index contributed by atoms with van der Waals surface area (Å²) in [6.07, 6.45) is 0.946. The molecule has 1 saturated heterocycles. The first-order chi connectivity index (χ1) is 9.54. The van der Waals surface area contributed by atoms with E-state index in [4.69, 9.17) is 5.11 Å². The molecule has 110 valence electrons. The molecule has 0 atom stereocenters. The van der Waals surface area contributed by atoms with Crippen LogP contribution in [0.25, 0.3) is 0 Å². The highest BCUT2D eigenvalue weighted by Crippen LogP contribution is 2.14. The largest absolute Gasteiger partial charge is 0.480 e. The highest BCUT2D eigenvalue weighted by Gasteiger charge is 2.17. The van der Waals surface area contributed by atoms with Crippen LogP contribution in [0.3, 0.4) is 0 Å². The van der Waals surface area contributed by atoms with Crippen LogP contribution in [0, 0.1) is 12.7 Å². The standard InChI is InChI=1S/C15H21FN2O2/c1-12-3-4-14(16)9-13(12)10-17-5-2-6-18(8-7-17)11-15(19)20/h3-4,9H,2,5-8,10-11H2,1H3,(H,19,20). The van der Waals surface area contributed by atoms with Crippen LogP contribution in [0.2, 0.25) is 0 Å². The van der Waals surface area contributed by atoms with Crippen LogP contribution in [0.15, 0.2) is 18.2 Å². The number of carboxylic acid groups (broad SMARTS) is 1. The monoisotopic (exact) mass is 280 g/mol. The average Bonchev–Trinajstić information content (AvgIpc) is 2.59. The first-order valence-electron chi connectivity index (χ1n) is 6.96. The van der Waals surface area contributed by atoms with E-state index in [1.165, 1.54) is 6.07 Å². The molecule has 0 aliphatic carbocycles. The van der Waals surface area contributed by atoms with Gasteiger partial charge in [-0.05, 0) is 43.1 Å². The molecule has 0 bridgehead atoms. The van der Waals surface area contributed by atoms with Crippen LogP contribution >= 0.6 is 0 Å². The van der Waals surface area contributed by atoms with Crippen molar-refractivity contribution in [2.75, 3.05) is 32.7 Å². The minimum atomic E-state index is -0.778. The summed E-state index contributed by atoms with van der Waals surface area (Å²) in [5, 5.41) is 8.83. The number of hydrogen-bond acceptors (Lipinski definition) is 3. The second-order valence-corrected chi connectivity index (χ2v) is 5.37. The Kier molecular flexibility index (Phi) is 5.09. The van der Waals surface area contributed by atoms with Crippen LogP contribution in [-0.4, -0.2) is 53.6 Å². The number of carbonyl (C=O) groups is 1. The van der Waals surface area contributed by atoms with Crippen molar-refractivity contribution in [3.8, 4) is 0 Å². The van der Waals surface area contributed by atoms with Gasteiger partial charge in [0.25, 0.3) is 0 Å². The van der Waals surface area contributed by atoms with Gasteiger partial charge in [0, 0.05) is 26.2 Å². The van der Waals surface area contributed by atoms with Crippen molar-refractivity contribution in [1.29, 1.82) is 0 Å². The number of aryl methyl sites for hydroxylation is 1. The molecule has 1 heterocycles. The molecular weight excluding hydrogens is 259 g/mol. The third kappa shape index (κ3) is 4.28. The summed E-state index contributed by atoms with van der Waals surface area (Å²) >= 11 is 0. The molecule has 1 aromatic carbocycles. The summed E-state index contributed by atoms with van der Waals surface area (Å²) in [6.45, 7) is 6.13. The molecule has 0 radical (unpaired) electrons. The quantitative estimate of drug-likeness (QED) is 0.912. The van der Waals surface area contributed by atoms with Crippen molar-refractivity contribution in [3.05, 3.63) is 35.1 Å². The number of nitrogens with zero attached hydrogens (tertiary/aromatic N) is 2. The van der Waals surface area contributed by atoms with Crippen LogP contribution in [-0.2, 0) is 11.3 Å². The Bertz CT molecular complexity index is 479. The Labute approximate surface area is 118 Å². The van der Waals surface area contributed by atoms with Gasteiger partial charge in [-0.3, -0.25) is 14.6 Å². The molecule has 2 rings (SSSR count). The lowest BCUT2D eigenvalue weighted by Crippen LogP contribution is -2.34. The highest BCUT2D eigenvalue weighted by molar-refractivity contribution is 5.69. The Morgan fingerprint density at radius 1 is 1.25 bits per heavy atom. The van der Waals surface area contributed by atoms with Crippen molar-refractivity contribution >= 4 is 5.97 Å². The fraction of sp³-hybridized carbons (Fsp3) is 0.533. The maximum atomic E-state index is 13.3. The van der Waals surface area contributed by atoms with Crippen molar-refractivity contribution in [2.45, 2.75) is 19.9 Å². The number of benzene rings is 1. The van der Waals surface area contributed by atoms with E-state index in [9.17, 15) is 9.18 Å². The summed E-state index contributed by atoms with van der Waals surface area (Å²) in [5.41, 5.74) is 2.11. The van der Waals surface area contributed by atoms with Gasteiger partial charge in [-0.1, -0.05) is 6.07 Å². The van der Waals surface area contributed by atoms with E-state index in [0.717, 1.165) is 50.3 Å². The van der Waals surface area contributed by atoms with Gasteiger partial charge in [-0.15, -0.1) is 0 Å². The molecule has 1 aromatic rings. The molecule has 0 spiro atoms. The maximum absolute atomic E-state index is 13.3. The molecule has 1 aliphatic heterocycles. The first kappa shape index (κ1) is 14.9. The van der Waals surface area contributed by atoms with E-state index in [1.807, 2.05) is 11.8 Å². The minimum absolute atomic E-state index is 0.104. The lowest BCUT2D eigenvalue weighted by Gasteiger charge is -2.21. The van der Waals surface area contributed by atoms with Gasteiger partial charge in [-0.25, -0.2) is 4.39 Å². The Morgan fingerprint density at radius 3 is 2.70 bits per heavy atom. The third-order valence-electron chi connectivity index (χ3n) is 3.75. The van der Waals surface area contributed by atoms with Crippen LogP contribution < -0.4 is 0 Å². The predicted molar refractivity (Wildman–Crippen MR) is 75.1 cm³/mol. The topological polar surface area (TPSA) is 43.8 Å². The molecule has 4 nitrogen and oxygen atoms in total. The number of rotatable bonds is 4. The van der Waals surface area contributed by atoms with Crippen molar-refractivity contribution in [1.82, 2.24) is 9.80 Å². The zero-order valence-electron chi connectivity index (χ0n) is 11.8. The summed E-state index contributed by atoms with van der Waals surface area (Å²) in [7, 11) is 0. The Hall–Kier alpha value is -1.46. The molecule has 1 fully saturated rings. The Balaban J connectivity index is 1.94. The van der Waals surface area contributed by atoms with Gasteiger partial charge >= 0.3 is 5.97 Å². The number of aliphatic carboxylic acids is 1. The third-order valence-corrected chi connectivity index (χ3v) is 3.75. The lowest BCUT2D eigenvalue weighted by atomic mass is 10.1. The maximum Gasteiger partial charge on any atom is 0.317 e. The van der Waals surface area contributed by atoms with Crippen molar-refractivity contribution in [2.24, 2.45) is 0 Å². The van der Waals surface area contributed by atoms with Gasteiger partial charge in [0.1, 0.15) is 5.82 Å². The van der Waals surface area contributed by atoms with E-state index in [2.05, 4.69) is 4.90 Å². The van der Waals surface area contributed by atoms with Crippen LogP contribution in [0.1, 0.15) is 17.5 Å². The van der Waals surface area contributed by atoms with Crippen molar-refractivity contribution < 1.29 is 14.3 Å². The summed E-state index contributed by atoms with van der Waals surface area (Å²) in [5.74, 6) is -0.979. The molecular formula is C15H21FN2O2. The number of carboxylic acids is 1. The van der Waals surface area contributed by atoms with E-state index >= 15 is 0 Å². The number of hydrogen-bond donors (Lipinski definition) is 1. The number of halogens is 1. The minimum Gasteiger partial charge on any atom is -0.480 e. The first-order valence-corrected chi connectivity index (χ1v) is 6.96. The fourth-order valence-corrected chi connectivity index (χ4v) is 2.58. The van der Waals surface area contributed by atoms with E-state index in [-0.39, 0.29) is 12.4 Å². The zero-order valence-corrected chi connectivity index (χ0v) is 11.8. The van der Waals surface area contributed by atoms with Gasteiger partial charge in [0.2, 0.25) is 0 Å². The molecule has 0 saturated carbocycles. The average molecular weight is 280 g/mol. The van der Waals surface area contributed by atoms with Crippen LogP contribution in [0.5, 0.6) is 0 Å². The van der Waals surface area contributed by atoms with Gasteiger partial charge < -0.3 is 5.11 Å². The SMILES string of the molecule is Cc1ccc(F)cc1CN1CCCN(CC(=O)O)CC1. The molecule has 1 aliphatic rings. The van der Waals surface area contributed by atoms with Crippen LogP contribution in [0.4, 0.5) is 4.39 Å². The highest BCUT2D eigenvalue weighted by atomic mass is 19.1. The smallest absolute Gasteiger partial charge is 0.317 e. The summed E-state index contributed by atoms with van der Waals surface area (Å²) in [6, 6.07) is 4.88. The summed E-state index contributed by atoms with van der Waals surface area (Å²) < 4.78 is 13.3. The fourth-order valence-electron chi connectivity index (χ4n) is 2.58. The van der Waals surface area contributed by atoms with E-state index in [0.29, 0.717) is 0 Å². The lowest BCUT2D eigenvalue weighted by molar-refractivity contribution is -0.138.